The largest absolute Gasteiger partial charge is 0.480 e. The van der Waals surface area contributed by atoms with E-state index in [0.717, 1.165) is 5.56 Å². The molecule has 0 heterocycles. The van der Waals surface area contributed by atoms with Crippen LogP contribution in [-0.4, -0.2) is 28.8 Å². The molecule has 1 rings (SSSR count). The molecule has 6 heteroatoms. The maximum Gasteiger partial charge on any atom is 0.408 e. The fraction of sp³-hybridized carbons (Fsp3) is 0.467. The maximum absolute atomic E-state index is 11.6. The minimum atomic E-state index is -1.10. The molecule has 1 amide bonds. The SMILES string of the molecule is CC(C)(C)OC(=O)N[C@H](CCc1ccccc1Cl)C(=O)O. The van der Waals surface area contributed by atoms with Gasteiger partial charge in [-0.1, -0.05) is 29.8 Å². The zero-order valence-corrected chi connectivity index (χ0v) is 13.1. The number of aliphatic carboxylic acids is 1. The molecule has 21 heavy (non-hydrogen) atoms. The Labute approximate surface area is 129 Å². The van der Waals surface area contributed by atoms with Gasteiger partial charge < -0.3 is 15.2 Å². The van der Waals surface area contributed by atoms with Crippen LogP contribution in [-0.2, 0) is 16.0 Å². The fourth-order valence-corrected chi connectivity index (χ4v) is 1.94. The topological polar surface area (TPSA) is 75.6 Å². The predicted molar refractivity (Wildman–Crippen MR) is 80.6 cm³/mol. The second kappa shape index (κ2) is 7.31. The van der Waals surface area contributed by atoms with Crippen molar-refractivity contribution in [3.05, 3.63) is 34.9 Å². The van der Waals surface area contributed by atoms with Crippen LogP contribution in [0.4, 0.5) is 4.79 Å². The number of aryl methyl sites for hydroxylation is 1. The first kappa shape index (κ1) is 17.3. The Morgan fingerprint density at radius 2 is 1.95 bits per heavy atom. The Bertz CT molecular complexity index is 511. The summed E-state index contributed by atoms with van der Waals surface area (Å²) in [7, 11) is 0. The van der Waals surface area contributed by atoms with Crippen LogP contribution in [0.1, 0.15) is 32.8 Å². The van der Waals surface area contributed by atoms with Crippen LogP contribution in [0.25, 0.3) is 0 Å². The van der Waals surface area contributed by atoms with Gasteiger partial charge in [-0.15, -0.1) is 0 Å². The van der Waals surface area contributed by atoms with Crippen LogP contribution in [0.5, 0.6) is 0 Å². The second-order valence-corrected chi connectivity index (χ2v) is 6.07. The number of carbonyl (C=O) groups excluding carboxylic acids is 1. The van der Waals surface area contributed by atoms with Crippen molar-refractivity contribution in [1.29, 1.82) is 0 Å². The number of alkyl carbamates (subject to hydrolysis) is 1. The number of carboxylic acid groups (broad SMARTS) is 1. The molecule has 0 fully saturated rings. The number of benzene rings is 1. The Balaban J connectivity index is 2.61. The van der Waals surface area contributed by atoms with Gasteiger partial charge in [-0.25, -0.2) is 9.59 Å². The van der Waals surface area contributed by atoms with Crippen molar-refractivity contribution in [2.75, 3.05) is 0 Å². The predicted octanol–water partition coefficient (Wildman–Crippen LogP) is 3.25. The minimum absolute atomic E-state index is 0.234. The fourth-order valence-electron chi connectivity index (χ4n) is 1.71. The molecule has 0 radical (unpaired) electrons. The van der Waals surface area contributed by atoms with Crippen LogP contribution >= 0.6 is 11.6 Å². The number of halogens is 1. The lowest BCUT2D eigenvalue weighted by molar-refractivity contribution is -0.139. The summed E-state index contributed by atoms with van der Waals surface area (Å²) in [4.78, 5) is 22.8. The van der Waals surface area contributed by atoms with E-state index in [9.17, 15) is 9.59 Å². The van der Waals surface area contributed by atoms with Crippen molar-refractivity contribution in [1.82, 2.24) is 5.32 Å². The molecule has 1 aromatic carbocycles. The number of rotatable bonds is 5. The number of ether oxygens (including phenoxy) is 1. The number of carboxylic acids is 1. The zero-order valence-electron chi connectivity index (χ0n) is 12.4. The van der Waals surface area contributed by atoms with E-state index in [-0.39, 0.29) is 6.42 Å². The molecular weight excluding hydrogens is 294 g/mol. The Hall–Kier alpha value is -1.75. The highest BCUT2D eigenvalue weighted by molar-refractivity contribution is 6.31. The molecule has 1 atom stereocenters. The lowest BCUT2D eigenvalue weighted by atomic mass is 10.1. The van der Waals surface area contributed by atoms with Gasteiger partial charge in [0.25, 0.3) is 0 Å². The molecule has 0 aliphatic rings. The highest BCUT2D eigenvalue weighted by atomic mass is 35.5. The van der Waals surface area contributed by atoms with Gasteiger partial charge in [-0.3, -0.25) is 0 Å². The van der Waals surface area contributed by atoms with E-state index in [2.05, 4.69) is 5.32 Å². The molecule has 5 nitrogen and oxygen atoms in total. The molecule has 0 aliphatic heterocycles. The van der Waals surface area contributed by atoms with Crippen LogP contribution in [0.2, 0.25) is 5.02 Å². The minimum Gasteiger partial charge on any atom is -0.480 e. The maximum atomic E-state index is 11.6. The average Bonchev–Trinajstić information content (AvgIpc) is 2.33. The van der Waals surface area contributed by atoms with Gasteiger partial charge in [0.2, 0.25) is 0 Å². The monoisotopic (exact) mass is 313 g/mol. The third-order valence-corrected chi connectivity index (χ3v) is 3.02. The van der Waals surface area contributed by atoms with Crippen LogP contribution in [0.15, 0.2) is 24.3 Å². The summed E-state index contributed by atoms with van der Waals surface area (Å²) in [6.45, 7) is 5.14. The van der Waals surface area contributed by atoms with Gasteiger partial charge in [0.05, 0.1) is 0 Å². The summed E-state index contributed by atoms with van der Waals surface area (Å²) in [5.74, 6) is -1.10. The molecule has 0 spiro atoms. The summed E-state index contributed by atoms with van der Waals surface area (Å²) in [5.41, 5.74) is 0.173. The average molecular weight is 314 g/mol. The van der Waals surface area contributed by atoms with E-state index in [1.807, 2.05) is 12.1 Å². The first-order valence-corrected chi connectivity index (χ1v) is 7.02. The van der Waals surface area contributed by atoms with Crippen LogP contribution in [0.3, 0.4) is 0 Å². The van der Waals surface area contributed by atoms with Gasteiger partial charge in [0, 0.05) is 5.02 Å². The Morgan fingerprint density at radius 3 is 2.48 bits per heavy atom. The lowest BCUT2D eigenvalue weighted by Gasteiger charge is -2.22. The molecule has 0 bridgehead atoms. The van der Waals surface area contributed by atoms with Crippen molar-refractivity contribution in [2.24, 2.45) is 0 Å². The van der Waals surface area contributed by atoms with Crippen molar-refractivity contribution >= 4 is 23.7 Å². The van der Waals surface area contributed by atoms with Gasteiger partial charge in [0.15, 0.2) is 0 Å². The summed E-state index contributed by atoms with van der Waals surface area (Å²) < 4.78 is 5.05. The molecule has 0 saturated heterocycles. The summed E-state index contributed by atoms with van der Waals surface area (Å²) in [6, 6.07) is 6.19. The molecule has 1 aromatic rings. The smallest absolute Gasteiger partial charge is 0.408 e. The van der Waals surface area contributed by atoms with Gasteiger partial charge in [0.1, 0.15) is 11.6 Å². The van der Waals surface area contributed by atoms with Crippen molar-refractivity contribution in [2.45, 2.75) is 45.3 Å². The van der Waals surface area contributed by atoms with Crippen molar-refractivity contribution in [3.63, 3.8) is 0 Å². The van der Waals surface area contributed by atoms with E-state index >= 15 is 0 Å². The van der Waals surface area contributed by atoms with E-state index in [1.165, 1.54) is 0 Å². The zero-order chi connectivity index (χ0) is 16.0. The Kier molecular flexibility index (Phi) is 6.03. The molecular formula is C15H20ClNO4. The highest BCUT2D eigenvalue weighted by Gasteiger charge is 2.23. The first-order chi connectivity index (χ1) is 9.69. The normalized spacial score (nSPS) is 12.6. The first-order valence-electron chi connectivity index (χ1n) is 6.65. The summed E-state index contributed by atoms with van der Waals surface area (Å²) in [5, 5.41) is 12.1. The van der Waals surface area contributed by atoms with Gasteiger partial charge in [-0.2, -0.15) is 0 Å². The van der Waals surface area contributed by atoms with E-state index in [4.69, 9.17) is 21.4 Å². The summed E-state index contributed by atoms with van der Waals surface area (Å²) in [6.07, 6.45) is -0.0563. The molecule has 0 aliphatic carbocycles. The van der Waals surface area contributed by atoms with Gasteiger partial charge in [-0.05, 0) is 45.2 Å². The molecule has 0 saturated carbocycles. The van der Waals surface area contributed by atoms with Crippen LogP contribution in [0, 0.1) is 0 Å². The molecule has 0 unspecified atom stereocenters. The number of carbonyl (C=O) groups is 2. The number of amides is 1. The van der Waals surface area contributed by atoms with Crippen molar-refractivity contribution < 1.29 is 19.4 Å². The third kappa shape index (κ3) is 6.49. The standard InChI is InChI=1S/C15H20ClNO4/c1-15(2,3)21-14(20)17-12(13(18)19)9-8-10-6-4-5-7-11(10)16/h4-7,12H,8-9H2,1-3H3,(H,17,20)(H,18,19)/t12-/m1/s1. The molecule has 0 aromatic heterocycles. The quantitative estimate of drug-likeness (QED) is 0.875. The Morgan fingerprint density at radius 1 is 1.33 bits per heavy atom. The number of hydrogen-bond donors (Lipinski definition) is 2. The molecule has 2 N–H and O–H groups in total. The van der Waals surface area contributed by atoms with E-state index < -0.39 is 23.7 Å². The highest BCUT2D eigenvalue weighted by Crippen LogP contribution is 2.17. The van der Waals surface area contributed by atoms with Gasteiger partial charge >= 0.3 is 12.1 Å². The van der Waals surface area contributed by atoms with Crippen molar-refractivity contribution in [3.8, 4) is 0 Å². The number of nitrogens with one attached hydrogen (secondary N) is 1. The molecule has 116 valence electrons. The lowest BCUT2D eigenvalue weighted by Crippen LogP contribution is -2.43. The van der Waals surface area contributed by atoms with E-state index in [1.54, 1.807) is 32.9 Å². The summed E-state index contributed by atoms with van der Waals surface area (Å²) >= 11 is 6.02. The van der Waals surface area contributed by atoms with Crippen LogP contribution < -0.4 is 5.32 Å². The van der Waals surface area contributed by atoms with E-state index in [0.29, 0.717) is 11.4 Å². The second-order valence-electron chi connectivity index (χ2n) is 5.67. The third-order valence-electron chi connectivity index (χ3n) is 2.65. The number of hydrogen-bond acceptors (Lipinski definition) is 3.